The Hall–Kier alpha value is -0.780. The van der Waals surface area contributed by atoms with E-state index in [1.165, 1.54) is 35.2 Å². The van der Waals surface area contributed by atoms with Crippen molar-refractivity contribution in [3.05, 3.63) is 24.3 Å². The minimum absolute atomic E-state index is 0.588. The highest BCUT2D eigenvalue weighted by Crippen LogP contribution is 2.35. The van der Waals surface area contributed by atoms with E-state index in [1.54, 1.807) is 11.8 Å². The maximum absolute atomic E-state index is 12.4. The molecule has 0 saturated carbocycles. The first-order chi connectivity index (χ1) is 10.2. The van der Waals surface area contributed by atoms with Crippen molar-refractivity contribution in [2.45, 2.75) is 30.9 Å². The summed E-state index contributed by atoms with van der Waals surface area (Å²) in [6.45, 7) is 1.98. The summed E-state index contributed by atoms with van der Waals surface area (Å²) in [5, 5.41) is 7.91. The zero-order chi connectivity index (χ0) is 16.4. The van der Waals surface area contributed by atoms with Crippen LogP contribution in [0.5, 0.6) is 0 Å². The lowest BCUT2D eigenvalue weighted by atomic mass is 10.4. The number of sulfone groups is 1. The van der Waals surface area contributed by atoms with Crippen molar-refractivity contribution < 1.29 is 21.6 Å². The smallest absolute Gasteiger partial charge is 0.214 e. The van der Waals surface area contributed by atoms with Gasteiger partial charge in [-0.3, -0.25) is 0 Å². The number of alkyl halides is 3. The normalized spacial score (nSPS) is 12.5. The third-order valence-electron chi connectivity index (χ3n) is 2.30. The van der Waals surface area contributed by atoms with Crippen LogP contribution < -0.4 is 0 Å². The molecule has 0 spiro atoms. The van der Waals surface area contributed by atoms with E-state index in [0.29, 0.717) is 9.24 Å². The standard InChI is InChI=1S/C11H9F3N2O2S4/c1-2-19-9-15-16-10(21-9)20-7-3-5-8(6-4-7)22(17,18)11(12,13)14/h3-6H,2H2,1H3. The fourth-order valence-corrected chi connectivity index (χ4v) is 4.99. The van der Waals surface area contributed by atoms with E-state index in [-0.39, 0.29) is 0 Å². The maximum Gasteiger partial charge on any atom is 0.501 e. The van der Waals surface area contributed by atoms with Gasteiger partial charge >= 0.3 is 5.51 Å². The molecule has 0 saturated heterocycles. The molecule has 2 rings (SSSR count). The molecule has 0 radical (unpaired) electrons. The van der Waals surface area contributed by atoms with Crippen molar-refractivity contribution in [3.8, 4) is 0 Å². The van der Waals surface area contributed by atoms with Gasteiger partial charge < -0.3 is 0 Å². The summed E-state index contributed by atoms with van der Waals surface area (Å²) in [5.41, 5.74) is -5.30. The van der Waals surface area contributed by atoms with Gasteiger partial charge in [0.25, 0.3) is 9.84 Å². The molecule has 4 nitrogen and oxygen atoms in total. The molecule has 0 aliphatic rings. The van der Waals surface area contributed by atoms with Gasteiger partial charge in [0.15, 0.2) is 8.68 Å². The lowest BCUT2D eigenvalue weighted by molar-refractivity contribution is -0.0436. The SMILES string of the molecule is CCSc1nnc(Sc2ccc(S(=O)(=O)C(F)(F)F)cc2)s1. The average Bonchev–Trinajstić information content (AvgIpc) is 2.86. The van der Waals surface area contributed by atoms with Gasteiger partial charge in [-0.1, -0.05) is 41.8 Å². The van der Waals surface area contributed by atoms with Crippen LogP contribution in [-0.2, 0) is 9.84 Å². The number of halogens is 3. The highest BCUT2D eigenvalue weighted by molar-refractivity contribution is 8.03. The minimum Gasteiger partial charge on any atom is -0.214 e. The third-order valence-corrected chi connectivity index (χ3v) is 6.80. The van der Waals surface area contributed by atoms with E-state index in [4.69, 9.17) is 0 Å². The van der Waals surface area contributed by atoms with E-state index in [2.05, 4.69) is 10.2 Å². The summed E-state index contributed by atoms with van der Waals surface area (Å²) < 4.78 is 61.2. The number of thioether (sulfide) groups is 1. The Bertz CT molecular complexity index is 741. The average molecular weight is 386 g/mol. The lowest BCUT2D eigenvalue weighted by Gasteiger charge is -2.08. The molecular formula is C11H9F3N2O2S4. The molecule has 1 aromatic heterocycles. The fourth-order valence-electron chi connectivity index (χ4n) is 1.34. The molecule has 0 fully saturated rings. The number of hydrogen-bond donors (Lipinski definition) is 0. The van der Waals surface area contributed by atoms with Crippen LogP contribution in [0.25, 0.3) is 0 Å². The highest BCUT2D eigenvalue weighted by Gasteiger charge is 2.46. The summed E-state index contributed by atoms with van der Waals surface area (Å²) in [4.78, 5) is -0.186. The molecule has 22 heavy (non-hydrogen) atoms. The van der Waals surface area contributed by atoms with Gasteiger partial charge in [0, 0.05) is 4.90 Å². The summed E-state index contributed by atoms with van der Waals surface area (Å²) >= 11 is 4.13. The van der Waals surface area contributed by atoms with E-state index < -0.39 is 20.2 Å². The van der Waals surface area contributed by atoms with E-state index in [9.17, 15) is 21.6 Å². The molecule has 0 unspecified atom stereocenters. The topological polar surface area (TPSA) is 59.9 Å². The molecule has 0 amide bonds. The second-order valence-corrected chi connectivity index (χ2v) is 9.54. The Kier molecular flexibility index (Phi) is 5.41. The first-order valence-corrected chi connectivity index (χ1v) is 9.90. The molecule has 11 heteroatoms. The first kappa shape index (κ1) is 17.6. The van der Waals surface area contributed by atoms with Crippen LogP contribution in [0.4, 0.5) is 13.2 Å². The van der Waals surface area contributed by atoms with Gasteiger partial charge in [-0.2, -0.15) is 13.2 Å². The number of rotatable bonds is 5. The molecule has 1 heterocycles. The second kappa shape index (κ2) is 6.77. The van der Waals surface area contributed by atoms with E-state index in [0.717, 1.165) is 22.2 Å². The van der Waals surface area contributed by atoms with Crippen molar-refractivity contribution in [2.24, 2.45) is 0 Å². The molecule has 0 aliphatic carbocycles. The van der Waals surface area contributed by atoms with Crippen LogP contribution in [-0.4, -0.2) is 29.9 Å². The molecule has 0 bridgehead atoms. The Morgan fingerprint density at radius 1 is 1.14 bits per heavy atom. The van der Waals surface area contributed by atoms with Gasteiger partial charge in [-0.15, -0.1) is 10.2 Å². The largest absolute Gasteiger partial charge is 0.501 e. The summed E-state index contributed by atoms with van der Waals surface area (Å²) in [6, 6.07) is 4.51. The van der Waals surface area contributed by atoms with Crippen molar-refractivity contribution in [3.63, 3.8) is 0 Å². The predicted molar refractivity (Wildman–Crippen MR) is 80.1 cm³/mol. The third kappa shape index (κ3) is 3.94. The van der Waals surface area contributed by atoms with Crippen LogP contribution in [0.2, 0.25) is 0 Å². The Morgan fingerprint density at radius 3 is 2.27 bits per heavy atom. The number of hydrogen-bond acceptors (Lipinski definition) is 7. The Balaban J connectivity index is 2.15. The molecule has 120 valence electrons. The van der Waals surface area contributed by atoms with E-state index >= 15 is 0 Å². The van der Waals surface area contributed by atoms with Crippen LogP contribution in [0.1, 0.15) is 6.92 Å². The number of benzene rings is 1. The minimum atomic E-state index is -5.31. The predicted octanol–water partition coefficient (Wildman–Crippen LogP) is 4.09. The van der Waals surface area contributed by atoms with Crippen LogP contribution in [0, 0.1) is 0 Å². The lowest BCUT2D eigenvalue weighted by Crippen LogP contribution is -2.23. The van der Waals surface area contributed by atoms with Crippen molar-refractivity contribution in [1.29, 1.82) is 0 Å². The maximum atomic E-state index is 12.4. The summed E-state index contributed by atoms with van der Waals surface area (Å²) in [5.74, 6) is 0.864. The highest BCUT2D eigenvalue weighted by atomic mass is 32.2. The molecule has 0 atom stereocenters. The van der Waals surface area contributed by atoms with Gasteiger partial charge in [0.1, 0.15) is 0 Å². The molecule has 0 aliphatic heterocycles. The van der Waals surface area contributed by atoms with Crippen LogP contribution in [0.3, 0.4) is 0 Å². The zero-order valence-electron chi connectivity index (χ0n) is 11.0. The Morgan fingerprint density at radius 2 is 1.73 bits per heavy atom. The second-order valence-electron chi connectivity index (χ2n) is 3.79. The quantitative estimate of drug-likeness (QED) is 0.721. The molecule has 0 N–H and O–H groups in total. The van der Waals surface area contributed by atoms with Gasteiger partial charge in [0.2, 0.25) is 0 Å². The van der Waals surface area contributed by atoms with Gasteiger partial charge in [-0.25, -0.2) is 8.42 Å². The van der Waals surface area contributed by atoms with Crippen molar-refractivity contribution >= 4 is 44.7 Å². The fraction of sp³-hybridized carbons (Fsp3) is 0.273. The van der Waals surface area contributed by atoms with Crippen molar-refractivity contribution in [1.82, 2.24) is 10.2 Å². The van der Waals surface area contributed by atoms with Crippen LogP contribution in [0.15, 0.2) is 42.7 Å². The van der Waals surface area contributed by atoms with E-state index in [1.807, 2.05) is 6.92 Å². The van der Waals surface area contributed by atoms with Gasteiger partial charge in [0.05, 0.1) is 4.90 Å². The molecule has 2 aromatic rings. The summed E-state index contributed by atoms with van der Waals surface area (Å²) in [6.07, 6.45) is 0. The van der Waals surface area contributed by atoms with Gasteiger partial charge in [-0.05, 0) is 30.0 Å². The zero-order valence-corrected chi connectivity index (χ0v) is 14.3. The number of aromatic nitrogens is 2. The van der Waals surface area contributed by atoms with Crippen molar-refractivity contribution in [2.75, 3.05) is 5.75 Å². The summed E-state index contributed by atoms with van der Waals surface area (Å²) in [7, 11) is -5.31. The first-order valence-electron chi connectivity index (χ1n) is 5.79. The number of nitrogens with zero attached hydrogens (tertiary/aromatic N) is 2. The Labute approximate surface area is 137 Å². The molecular weight excluding hydrogens is 377 g/mol. The van der Waals surface area contributed by atoms with Crippen LogP contribution >= 0.6 is 34.9 Å². The molecule has 1 aromatic carbocycles. The monoisotopic (exact) mass is 386 g/mol.